The smallest absolute Gasteiger partial charge is 0.241 e. The molecule has 0 atom stereocenters. The first-order chi connectivity index (χ1) is 17.4. The van der Waals surface area contributed by atoms with Crippen molar-refractivity contribution >= 4 is 39.0 Å². The molecule has 0 saturated carbocycles. The molecule has 1 saturated heterocycles. The van der Waals surface area contributed by atoms with Crippen LogP contribution in [0.2, 0.25) is 0 Å². The molecular formula is C25H27N3O5S3. The minimum absolute atomic E-state index is 0.0196. The van der Waals surface area contributed by atoms with Crippen molar-refractivity contribution in [3.8, 4) is 22.8 Å². The Balaban J connectivity index is 1.17. The topological polar surface area (TPSA) is 97.8 Å². The van der Waals surface area contributed by atoms with Crippen molar-refractivity contribution in [1.29, 1.82) is 0 Å². The quantitative estimate of drug-likeness (QED) is 0.449. The summed E-state index contributed by atoms with van der Waals surface area (Å²) in [7, 11) is -2.19. The van der Waals surface area contributed by atoms with Gasteiger partial charge in [0.2, 0.25) is 15.9 Å². The fourth-order valence-corrected chi connectivity index (χ4v) is 7.48. The summed E-state index contributed by atoms with van der Waals surface area (Å²) in [6, 6.07) is 12.7. The molecule has 190 valence electrons. The number of carbonyl (C=O) groups is 1. The number of hydrogen-bond acceptors (Lipinski definition) is 8. The highest BCUT2D eigenvalue weighted by atomic mass is 32.2. The van der Waals surface area contributed by atoms with Crippen LogP contribution in [0.4, 0.5) is 0 Å². The van der Waals surface area contributed by atoms with Gasteiger partial charge in [0.05, 0.1) is 21.3 Å². The number of ether oxygens (including phenoxy) is 2. The van der Waals surface area contributed by atoms with Gasteiger partial charge in [0, 0.05) is 34.8 Å². The van der Waals surface area contributed by atoms with Crippen molar-refractivity contribution in [1.82, 2.24) is 14.6 Å². The molecule has 1 aromatic heterocycles. The van der Waals surface area contributed by atoms with E-state index in [9.17, 15) is 13.2 Å². The second kappa shape index (κ2) is 10.8. The molecule has 1 N–H and O–H groups in total. The van der Waals surface area contributed by atoms with Crippen molar-refractivity contribution in [2.24, 2.45) is 0 Å². The molecule has 2 aliphatic heterocycles. The summed E-state index contributed by atoms with van der Waals surface area (Å²) < 4.78 is 38.2. The molecule has 0 radical (unpaired) electrons. The lowest BCUT2D eigenvalue weighted by Gasteiger charge is -2.31. The number of benzene rings is 2. The number of nitrogens with one attached hydrogen (secondary N) is 1. The lowest BCUT2D eigenvalue weighted by atomic mass is 9.97. The molecular weight excluding hydrogens is 518 g/mol. The van der Waals surface area contributed by atoms with Crippen LogP contribution in [-0.4, -0.2) is 63.3 Å². The fourth-order valence-electron chi connectivity index (χ4n) is 4.32. The van der Waals surface area contributed by atoms with Gasteiger partial charge in [-0.15, -0.1) is 23.1 Å². The highest BCUT2D eigenvalue weighted by Gasteiger charge is 2.26. The number of amides is 1. The molecule has 5 rings (SSSR count). The molecule has 3 aromatic rings. The van der Waals surface area contributed by atoms with Crippen molar-refractivity contribution in [2.75, 3.05) is 39.1 Å². The van der Waals surface area contributed by atoms with Crippen LogP contribution in [0.1, 0.15) is 23.8 Å². The Labute approximate surface area is 219 Å². The van der Waals surface area contributed by atoms with E-state index < -0.39 is 10.0 Å². The van der Waals surface area contributed by atoms with E-state index in [1.807, 2.05) is 23.1 Å². The number of carbonyl (C=O) groups excluding carboxylic acids is 1. The van der Waals surface area contributed by atoms with Crippen LogP contribution in [0, 0.1) is 0 Å². The Bertz CT molecular complexity index is 1350. The van der Waals surface area contributed by atoms with Crippen LogP contribution in [0.3, 0.4) is 0 Å². The van der Waals surface area contributed by atoms with Gasteiger partial charge in [-0.1, -0.05) is 12.1 Å². The molecule has 36 heavy (non-hydrogen) atoms. The SMILES string of the molecule is CNS(=O)(=O)c1ccccc1SCC(=O)N1CCC(c2nc(-c3ccc4c(c3)OCCO4)cs2)CC1. The number of aromatic nitrogens is 1. The molecule has 1 amide bonds. The van der Waals surface area contributed by atoms with E-state index in [-0.39, 0.29) is 16.6 Å². The maximum Gasteiger partial charge on any atom is 0.241 e. The average molecular weight is 546 g/mol. The molecule has 0 spiro atoms. The summed E-state index contributed by atoms with van der Waals surface area (Å²) in [5.74, 6) is 2.06. The maximum absolute atomic E-state index is 12.9. The van der Waals surface area contributed by atoms with Crippen molar-refractivity contribution in [3.63, 3.8) is 0 Å². The summed E-state index contributed by atoms with van der Waals surface area (Å²) in [5.41, 5.74) is 1.93. The Morgan fingerprint density at radius 1 is 1.14 bits per heavy atom. The van der Waals surface area contributed by atoms with Gasteiger partial charge in [-0.3, -0.25) is 4.79 Å². The first kappa shape index (κ1) is 25.1. The predicted molar refractivity (Wildman–Crippen MR) is 141 cm³/mol. The third kappa shape index (κ3) is 5.39. The normalized spacial score (nSPS) is 16.2. The summed E-state index contributed by atoms with van der Waals surface area (Å²) >= 11 is 2.92. The number of rotatable bonds is 7. The second-order valence-electron chi connectivity index (χ2n) is 8.53. The lowest BCUT2D eigenvalue weighted by Crippen LogP contribution is -2.38. The van der Waals surface area contributed by atoms with Gasteiger partial charge in [0.15, 0.2) is 11.5 Å². The van der Waals surface area contributed by atoms with Crippen LogP contribution in [0.5, 0.6) is 11.5 Å². The molecule has 2 aromatic carbocycles. The number of thioether (sulfide) groups is 1. The average Bonchev–Trinajstić information content (AvgIpc) is 3.42. The lowest BCUT2D eigenvalue weighted by molar-refractivity contribution is -0.129. The fraction of sp³-hybridized carbons (Fsp3) is 0.360. The number of likely N-dealkylation sites (tertiary alicyclic amines) is 1. The summed E-state index contributed by atoms with van der Waals surface area (Å²) in [6.45, 7) is 2.45. The van der Waals surface area contributed by atoms with Crippen molar-refractivity contribution < 1.29 is 22.7 Å². The minimum Gasteiger partial charge on any atom is -0.486 e. The Hall–Kier alpha value is -2.60. The highest BCUT2D eigenvalue weighted by molar-refractivity contribution is 8.00. The molecule has 2 aliphatic rings. The molecule has 8 nitrogen and oxygen atoms in total. The number of piperidine rings is 1. The molecule has 0 unspecified atom stereocenters. The maximum atomic E-state index is 12.9. The van der Waals surface area contributed by atoms with E-state index >= 15 is 0 Å². The summed E-state index contributed by atoms with van der Waals surface area (Å²) in [4.78, 5) is 20.4. The van der Waals surface area contributed by atoms with Gasteiger partial charge in [0.25, 0.3) is 0 Å². The minimum atomic E-state index is -3.58. The van der Waals surface area contributed by atoms with Gasteiger partial charge in [-0.2, -0.15) is 0 Å². The zero-order valence-corrected chi connectivity index (χ0v) is 22.3. The first-order valence-corrected chi connectivity index (χ1v) is 15.1. The van der Waals surface area contributed by atoms with E-state index in [1.165, 1.54) is 18.8 Å². The molecule has 11 heteroatoms. The Kier molecular flexibility index (Phi) is 7.52. The van der Waals surface area contributed by atoms with Gasteiger partial charge in [0.1, 0.15) is 13.2 Å². The largest absolute Gasteiger partial charge is 0.486 e. The van der Waals surface area contributed by atoms with E-state index in [2.05, 4.69) is 10.1 Å². The zero-order valence-electron chi connectivity index (χ0n) is 19.8. The van der Waals surface area contributed by atoms with E-state index in [0.29, 0.717) is 37.1 Å². The van der Waals surface area contributed by atoms with Crippen LogP contribution in [-0.2, 0) is 14.8 Å². The van der Waals surface area contributed by atoms with E-state index in [4.69, 9.17) is 14.5 Å². The number of sulfonamides is 1. The Morgan fingerprint density at radius 2 is 1.89 bits per heavy atom. The van der Waals surface area contributed by atoms with Gasteiger partial charge in [-0.05, 0) is 50.2 Å². The van der Waals surface area contributed by atoms with Crippen molar-refractivity contribution in [2.45, 2.75) is 28.6 Å². The number of thiazole rings is 1. The summed E-state index contributed by atoms with van der Waals surface area (Å²) in [5, 5.41) is 3.17. The van der Waals surface area contributed by atoms with Gasteiger partial charge < -0.3 is 14.4 Å². The van der Waals surface area contributed by atoms with E-state index in [1.54, 1.807) is 35.6 Å². The van der Waals surface area contributed by atoms with Gasteiger partial charge in [-0.25, -0.2) is 18.1 Å². The standard InChI is InChI=1S/C25H27N3O5S3/c1-26-36(30,31)23-5-3-2-4-22(23)34-16-24(29)28-10-8-17(9-11-28)25-27-19(15-35-25)18-6-7-20-21(14-18)33-13-12-32-20/h2-7,14-15,17,26H,8-13,16H2,1H3. The molecule has 3 heterocycles. The molecule has 0 bridgehead atoms. The predicted octanol–water partition coefficient (Wildman–Crippen LogP) is 3.99. The first-order valence-electron chi connectivity index (χ1n) is 11.7. The monoisotopic (exact) mass is 545 g/mol. The van der Waals surface area contributed by atoms with Crippen LogP contribution < -0.4 is 14.2 Å². The van der Waals surface area contributed by atoms with Gasteiger partial charge >= 0.3 is 0 Å². The number of hydrogen-bond donors (Lipinski definition) is 1. The Morgan fingerprint density at radius 3 is 2.67 bits per heavy atom. The zero-order chi connectivity index (χ0) is 25.1. The van der Waals surface area contributed by atoms with Crippen LogP contribution in [0.25, 0.3) is 11.3 Å². The third-order valence-electron chi connectivity index (χ3n) is 6.32. The molecule has 1 fully saturated rings. The molecule has 0 aliphatic carbocycles. The second-order valence-corrected chi connectivity index (χ2v) is 12.3. The third-order valence-corrected chi connectivity index (χ3v) is 9.98. The van der Waals surface area contributed by atoms with Crippen LogP contribution in [0.15, 0.2) is 57.6 Å². The van der Waals surface area contributed by atoms with Crippen LogP contribution >= 0.6 is 23.1 Å². The summed E-state index contributed by atoms with van der Waals surface area (Å²) in [6.07, 6.45) is 1.71. The van der Waals surface area contributed by atoms with Crippen molar-refractivity contribution in [3.05, 3.63) is 52.9 Å². The number of nitrogens with zero attached hydrogens (tertiary/aromatic N) is 2. The number of fused-ring (bicyclic) bond motifs is 1. The van der Waals surface area contributed by atoms with E-state index in [0.717, 1.165) is 40.6 Å². The highest BCUT2D eigenvalue weighted by Crippen LogP contribution is 2.37.